The summed E-state index contributed by atoms with van der Waals surface area (Å²) in [5, 5.41) is 19.5. The highest BCUT2D eigenvalue weighted by Gasteiger charge is 2.27. The smallest absolute Gasteiger partial charge is 0.320 e. The van der Waals surface area contributed by atoms with Crippen LogP contribution in [0.3, 0.4) is 0 Å². The lowest BCUT2D eigenvalue weighted by molar-refractivity contribution is -0.140. The van der Waals surface area contributed by atoms with Gasteiger partial charge in [0, 0.05) is 54.3 Å². The normalized spacial score (nSPS) is 20.6. The van der Waals surface area contributed by atoms with Crippen LogP contribution in [-0.4, -0.2) is 70.0 Å². The van der Waals surface area contributed by atoms with Crippen LogP contribution in [0.1, 0.15) is 56.5 Å². The number of hydrogen-bond donors (Lipinski definition) is 4. The van der Waals surface area contributed by atoms with Crippen molar-refractivity contribution in [2.45, 2.75) is 52.5 Å². The molecule has 3 rings (SSSR count). The first-order valence-corrected chi connectivity index (χ1v) is 12.3. The van der Waals surface area contributed by atoms with Crippen LogP contribution in [0.2, 0.25) is 0 Å². The van der Waals surface area contributed by atoms with Crippen LogP contribution in [0.4, 0.5) is 5.82 Å². The van der Waals surface area contributed by atoms with Gasteiger partial charge in [-0.05, 0) is 38.3 Å². The molecule has 9 heteroatoms. The fraction of sp³-hybridized carbons (Fsp3) is 0.500. The van der Waals surface area contributed by atoms with E-state index in [0.29, 0.717) is 38.4 Å². The first-order valence-electron chi connectivity index (χ1n) is 12.3. The van der Waals surface area contributed by atoms with E-state index >= 15 is 0 Å². The summed E-state index contributed by atoms with van der Waals surface area (Å²) in [4.78, 5) is 18.4. The lowest BCUT2D eigenvalue weighted by Gasteiger charge is -2.29. The van der Waals surface area contributed by atoms with E-state index in [1.807, 2.05) is 45.9 Å². The highest BCUT2D eigenvalue weighted by Crippen LogP contribution is 2.25. The second-order valence-corrected chi connectivity index (χ2v) is 8.25. The van der Waals surface area contributed by atoms with Crippen molar-refractivity contribution in [3.8, 4) is 0 Å². The van der Waals surface area contributed by atoms with Gasteiger partial charge in [0.05, 0.1) is 19.4 Å². The van der Waals surface area contributed by atoms with Gasteiger partial charge in [0.25, 0.3) is 0 Å². The van der Waals surface area contributed by atoms with E-state index in [4.69, 9.17) is 15.5 Å². The zero-order valence-electron chi connectivity index (χ0n) is 21.4. The third-order valence-electron chi connectivity index (χ3n) is 6.00. The zero-order valence-corrected chi connectivity index (χ0v) is 21.4. The summed E-state index contributed by atoms with van der Waals surface area (Å²) in [7, 11) is 0. The van der Waals surface area contributed by atoms with Gasteiger partial charge in [-0.2, -0.15) is 5.10 Å². The molecule has 2 aliphatic rings. The van der Waals surface area contributed by atoms with Crippen LogP contribution in [0.25, 0.3) is 5.57 Å². The monoisotopic (exact) mass is 484 g/mol. The Morgan fingerprint density at radius 1 is 1.29 bits per heavy atom. The molecule has 0 aromatic carbocycles. The standard InChI is InChI=1S/C24H34N6O3.C2H6/c1-4-18(6-5-16(2)30-9-11-33-12-10-30)20-15-27-29-23(25)13-22(28-17(20)3)19-7-8-21(24(31)32)26-14-19;1-2/h4-6,13,15,19,21,26,29H,2,7-12,14,25H2,1,3H3,(H,31,32);1-2H3/b6-5-,18-4+,20-17?,23-13?,27-15?,28-22?;. The predicted molar refractivity (Wildman–Crippen MR) is 140 cm³/mol. The molecule has 0 radical (unpaired) electrons. The number of carboxylic acids is 1. The van der Waals surface area contributed by atoms with Crippen molar-refractivity contribution in [1.82, 2.24) is 25.4 Å². The van der Waals surface area contributed by atoms with E-state index in [1.54, 1.807) is 12.3 Å². The molecule has 0 saturated carbocycles. The zero-order chi connectivity index (χ0) is 25.8. The molecule has 0 spiro atoms. The summed E-state index contributed by atoms with van der Waals surface area (Å²) in [5.41, 5.74) is 10.5. The fourth-order valence-corrected chi connectivity index (χ4v) is 4.04. The summed E-state index contributed by atoms with van der Waals surface area (Å²) in [5.74, 6) is -0.380. The van der Waals surface area contributed by atoms with Gasteiger partial charge in [-0.25, -0.2) is 0 Å². The topological polar surface area (TPSA) is 129 Å². The molecule has 0 bridgehead atoms. The van der Waals surface area contributed by atoms with Crippen LogP contribution in [-0.2, 0) is 9.53 Å². The Bertz CT molecular complexity index is 969. The summed E-state index contributed by atoms with van der Waals surface area (Å²) < 4.78 is 5.42. The number of nitrogen functional groups attached to an aromatic ring is 1. The molecule has 2 aliphatic heterocycles. The SMILES string of the molecule is C=C(/C=C\C(=C/C)c1cn[nH]c(N)cc(C2CCC(C(=O)O)NC2)nc1C)N1CCOCC1.CC. The van der Waals surface area contributed by atoms with Crippen molar-refractivity contribution in [3.63, 3.8) is 0 Å². The molecule has 2 atom stereocenters. The molecule has 2 saturated heterocycles. The maximum Gasteiger partial charge on any atom is 0.320 e. The van der Waals surface area contributed by atoms with E-state index in [0.717, 1.165) is 41.3 Å². The Morgan fingerprint density at radius 2 is 2.00 bits per heavy atom. The first-order chi connectivity index (χ1) is 16.9. The van der Waals surface area contributed by atoms with E-state index in [9.17, 15) is 9.90 Å². The van der Waals surface area contributed by atoms with Gasteiger partial charge in [-0.3, -0.25) is 14.9 Å². The molecule has 2 unspecified atom stereocenters. The number of aryl methyl sites for hydroxylation is 1. The summed E-state index contributed by atoms with van der Waals surface area (Å²) >= 11 is 0. The van der Waals surface area contributed by atoms with Crippen LogP contribution in [0, 0.1) is 6.92 Å². The molecule has 1 aromatic rings. The number of piperidine rings is 1. The van der Waals surface area contributed by atoms with Gasteiger partial charge in [0.15, 0.2) is 0 Å². The van der Waals surface area contributed by atoms with Crippen molar-refractivity contribution in [2.75, 3.05) is 38.6 Å². The highest BCUT2D eigenvalue weighted by atomic mass is 16.5. The maximum absolute atomic E-state index is 11.3. The number of anilines is 1. The van der Waals surface area contributed by atoms with Crippen molar-refractivity contribution < 1.29 is 14.6 Å². The first kappa shape index (κ1) is 28.1. The minimum atomic E-state index is -0.823. The van der Waals surface area contributed by atoms with E-state index in [2.05, 4.69) is 27.0 Å². The van der Waals surface area contributed by atoms with Crippen LogP contribution in [0.5, 0.6) is 0 Å². The quantitative estimate of drug-likeness (QED) is 0.451. The highest BCUT2D eigenvalue weighted by molar-refractivity contribution is 5.75. The molecule has 1 aromatic heterocycles. The average molecular weight is 485 g/mol. The minimum Gasteiger partial charge on any atom is -0.480 e. The molecule has 35 heavy (non-hydrogen) atoms. The van der Waals surface area contributed by atoms with Crippen LogP contribution < -0.4 is 11.1 Å². The van der Waals surface area contributed by atoms with E-state index < -0.39 is 12.0 Å². The number of aliphatic carboxylic acids is 1. The third-order valence-corrected chi connectivity index (χ3v) is 6.00. The van der Waals surface area contributed by atoms with Crippen LogP contribution in [0.15, 0.2) is 42.8 Å². The summed E-state index contributed by atoms with van der Waals surface area (Å²) in [6.07, 6.45) is 9.01. The number of aromatic amines is 1. The molecule has 0 amide bonds. The van der Waals surface area contributed by atoms with Gasteiger partial charge in [0.1, 0.15) is 11.9 Å². The second kappa shape index (κ2) is 14.3. The maximum atomic E-state index is 11.3. The van der Waals surface area contributed by atoms with Gasteiger partial charge in [0.2, 0.25) is 0 Å². The van der Waals surface area contributed by atoms with Crippen molar-refractivity contribution in [2.24, 2.45) is 0 Å². The lowest BCUT2D eigenvalue weighted by atomic mass is 9.92. The van der Waals surface area contributed by atoms with Crippen molar-refractivity contribution in [3.05, 3.63) is 59.7 Å². The number of H-pyrrole nitrogens is 1. The molecule has 0 aliphatic carbocycles. The Labute approximate surface area is 208 Å². The summed E-state index contributed by atoms with van der Waals surface area (Å²) in [6.45, 7) is 15.7. The van der Waals surface area contributed by atoms with Gasteiger partial charge in [-0.1, -0.05) is 32.6 Å². The Hall–Kier alpha value is -3.17. The molecule has 9 nitrogen and oxygen atoms in total. The number of carbonyl (C=O) groups is 1. The van der Waals surface area contributed by atoms with Gasteiger partial charge in [-0.15, -0.1) is 0 Å². The number of hydrogen-bond acceptors (Lipinski definition) is 7. The molecule has 2 fully saturated rings. The van der Waals surface area contributed by atoms with E-state index in [-0.39, 0.29) is 5.92 Å². The number of rotatable bonds is 6. The van der Waals surface area contributed by atoms with Crippen molar-refractivity contribution >= 4 is 17.4 Å². The molecule has 3 heterocycles. The van der Waals surface area contributed by atoms with Gasteiger partial charge >= 0.3 is 5.97 Å². The average Bonchev–Trinajstić information content (AvgIpc) is 2.95. The van der Waals surface area contributed by atoms with E-state index in [1.165, 1.54) is 0 Å². The molecule has 5 N–H and O–H groups in total. The van der Waals surface area contributed by atoms with Crippen molar-refractivity contribution in [1.29, 1.82) is 0 Å². The minimum absolute atomic E-state index is 0.0564. The number of morpholine rings is 1. The molecular weight excluding hydrogens is 444 g/mol. The van der Waals surface area contributed by atoms with Gasteiger partial charge < -0.3 is 25.8 Å². The number of nitrogens with zero attached hydrogens (tertiary/aromatic N) is 3. The Morgan fingerprint density at radius 3 is 2.60 bits per heavy atom. The Kier molecular flexibility index (Phi) is 11.5. The number of ether oxygens (including phenoxy) is 1. The number of aromatic nitrogens is 3. The number of allylic oxidation sites excluding steroid dienone is 4. The number of nitrogens with two attached hydrogens (primary N) is 1. The lowest BCUT2D eigenvalue weighted by Crippen LogP contribution is -2.43. The number of nitrogens with one attached hydrogen (secondary N) is 2. The fourth-order valence-electron chi connectivity index (χ4n) is 4.04. The predicted octanol–water partition coefficient (Wildman–Crippen LogP) is 3.57. The van der Waals surface area contributed by atoms with Crippen LogP contribution >= 0.6 is 0 Å². The third kappa shape index (κ3) is 8.22. The largest absolute Gasteiger partial charge is 0.480 e. The second-order valence-electron chi connectivity index (χ2n) is 8.25. The number of carboxylic acid groups (broad SMARTS) is 1. The molecular formula is C26H40N6O3. The molecule has 192 valence electrons. The Balaban J connectivity index is 0.00000210. The summed E-state index contributed by atoms with van der Waals surface area (Å²) in [6, 6.07) is 1.26.